The second-order valence-corrected chi connectivity index (χ2v) is 6.39. The van der Waals surface area contributed by atoms with E-state index in [-0.39, 0.29) is 25.7 Å². The lowest BCUT2D eigenvalue weighted by atomic mass is 9.62. The van der Waals surface area contributed by atoms with E-state index in [1.807, 2.05) is 6.92 Å². The Kier molecular flexibility index (Phi) is 3.59. The Hall–Kier alpha value is -0.760. The first-order valence-corrected chi connectivity index (χ1v) is 6.93. The van der Waals surface area contributed by atoms with E-state index in [4.69, 9.17) is 0 Å². The highest BCUT2D eigenvalue weighted by Crippen LogP contribution is 2.55. The van der Waals surface area contributed by atoms with Crippen LogP contribution in [0.5, 0.6) is 0 Å². The van der Waals surface area contributed by atoms with E-state index < -0.39 is 23.1 Å². The Morgan fingerprint density at radius 3 is 2.11 bits per heavy atom. The molecule has 0 saturated heterocycles. The Bertz CT molecular complexity index is 379. The maximum atomic E-state index is 12.7. The van der Waals surface area contributed by atoms with Crippen molar-refractivity contribution < 1.29 is 18.3 Å². The topological polar surface area (TPSA) is 44.0 Å². The molecule has 0 aliphatic heterocycles. The molecule has 2 saturated carbocycles. The Morgan fingerprint density at radius 2 is 1.74 bits per heavy atom. The molecule has 0 radical (unpaired) electrons. The fourth-order valence-corrected chi connectivity index (χ4v) is 3.82. The van der Waals surface area contributed by atoms with Crippen LogP contribution in [-0.4, -0.2) is 16.9 Å². The largest absolute Gasteiger partial charge is 0.391 e. The molecular formula is C14H20F3NO. The third-order valence-corrected chi connectivity index (χ3v) is 5.14. The van der Waals surface area contributed by atoms with Crippen LogP contribution in [0.25, 0.3) is 0 Å². The van der Waals surface area contributed by atoms with Gasteiger partial charge in [0.2, 0.25) is 0 Å². The fourth-order valence-electron chi connectivity index (χ4n) is 3.82. The molecular weight excluding hydrogens is 255 g/mol. The van der Waals surface area contributed by atoms with Crippen LogP contribution in [0.15, 0.2) is 0 Å². The number of aliphatic hydroxyl groups is 1. The molecule has 2 fully saturated rings. The van der Waals surface area contributed by atoms with Gasteiger partial charge in [0.15, 0.2) is 0 Å². The highest BCUT2D eigenvalue weighted by atomic mass is 19.4. The predicted octanol–water partition coefficient (Wildman–Crippen LogP) is 3.80. The van der Waals surface area contributed by atoms with E-state index >= 15 is 0 Å². The molecule has 0 amide bonds. The summed E-state index contributed by atoms with van der Waals surface area (Å²) in [6, 6.07) is 2.24. The lowest BCUT2D eigenvalue weighted by Crippen LogP contribution is -2.50. The smallest absolute Gasteiger partial charge is 0.388 e. The predicted molar refractivity (Wildman–Crippen MR) is 64.0 cm³/mol. The lowest BCUT2D eigenvalue weighted by molar-refractivity contribution is -0.200. The van der Waals surface area contributed by atoms with Gasteiger partial charge in [-0.15, -0.1) is 0 Å². The minimum Gasteiger partial charge on any atom is -0.388 e. The number of hydrogen-bond donors (Lipinski definition) is 1. The number of nitrogens with zero attached hydrogens (tertiary/aromatic N) is 1. The first-order chi connectivity index (χ1) is 8.72. The van der Waals surface area contributed by atoms with Gasteiger partial charge in [0, 0.05) is 0 Å². The molecule has 108 valence electrons. The van der Waals surface area contributed by atoms with Crippen molar-refractivity contribution in [3.8, 4) is 6.07 Å². The highest BCUT2D eigenvalue weighted by molar-refractivity contribution is 5.15. The van der Waals surface area contributed by atoms with Crippen LogP contribution in [0, 0.1) is 28.6 Å². The summed E-state index contributed by atoms with van der Waals surface area (Å²) in [5.74, 6) is -0.952. The molecule has 0 aromatic rings. The van der Waals surface area contributed by atoms with Crippen molar-refractivity contribution in [3.63, 3.8) is 0 Å². The summed E-state index contributed by atoms with van der Waals surface area (Å²) in [7, 11) is 0. The monoisotopic (exact) mass is 275 g/mol. The van der Waals surface area contributed by atoms with Gasteiger partial charge in [-0.05, 0) is 50.9 Å². The highest BCUT2D eigenvalue weighted by Gasteiger charge is 2.57. The van der Waals surface area contributed by atoms with E-state index in [1.165, 1.54) is 0 Å². The van der Waals surface area contributed by atoms with Crippen molar-refractivity contribution >= 4 is 0 Å². The van der Waals surface area contributed by atoms with Crippen LogP contribution in [0.1, 0.15) is 51.9 Å². The minimum atomic E-state index is -4.18. The summed E-state index contributed by atoms with van der Waals surface area (Å²) in [5, 5.41) is 20.2. The molecule has 0 bridgehead atoms. The van der Waals surface area contributed by atoms with E-state index in [0.29, 0.717) is 18.8 Å². The zero-order chi connectivity index (χ0) is 14.3. The van der Waals surface area contributed by atoms with Crippen LogP contribution >= 0.6 is 0 Å². The van der Waals surface area contributed by atoms with Crippen molar-refractivity contribution in [2.75, 3.05) is 0 Å². The zero-order valence-electron chi connectivity index (χ0n) is 11.1. The van der Waals surface area contributed by atoms with E-state index in [9.17, 15) is 23.5 Å². The minimum absolute atomic E-state index is 0.0577. The second kappa shape index (κ2) is 4.66. The van der Waals surface area contributed by atoms with Gasteiger partial charge in [0.05, 0.1) is 23.0 Å². The van der Waals surface area contributed by atoms with E-state index in [2.05, 4.69) is 6.07 Å². The van der Waals surface area contributed by atoms with Gasteiger partial charge in [-0.2, -0.15) is 18.4 Å². The first-order valence-electron chi connectivity index (χ1n) is 6.93. The first kappa shape index (κ1) is 14.6. The van der Waals surface area contributed by atoms with Crippen LogP contribution in [0.3, 0.4) is 0 Å². The Morgan fingerprint density at radius 1 is 1.16 bits per heavy atom. The third-order valence-electron chi connectivity index (χ3n) is 5.14. The number of nitriles is 1. The molecule has 0 spiro atoms. The van der Waals surface area contributed by atoms with Crippen molar-refractivity contribution in [2.24, 2.45) is 17.3 Å². The van der Waals surface area contributed by atoms with Gasteiger partial charge in [0.25, 0.3) is 0 Å². The quantitative estimate of drug-likeness (QED) is 0.791. The van der Waals surface area contributed by atoms with Crippen molar-refractivity contribution in [1.82, 2.24) is 0 Å². The molecule has 0 aromatic carbocycles. The molecule has 19 heavy (non-hydrogen) atoms. The number of alkyl halides is 3. The van der Waals surface area contributed by atoms with Gasteiger partial charge in [-0.3, -0.25) is 0 Å². The molecule has 2 aliphatic rings. The summed E-state index contributed by atoms with van der Waals surface area (Å²) in [4.78, 5) is 0. The molecule has 0 heterocycles. The number of hydrogen-bond acceptors (Lipinski definition) is 2. The molecule has 2 unspecified atom stereocenters. The summed E-state index contributed by atoms with van der Waals surface area (Å²) < 4.78 is 38.0. The van der Waals surface area contributed by atoms with E-state index in [1.54, 1.807) is 0 Å². The number of halogens is 3. The molecule has 5 heteroatoms. The average Bonchev–Trinajstić information content (AvgIpc) is 2.72. The van der Waals surface area contributed by atoms with Crippen LogP contribution in [0.2, 0.25) is 0 Å². The normalized spacial score (nSPS) is 44.0. The summed E-state index contributed by atoms with van der Waals surface area (Å²) in [6.07, 6.45) is -2.01. The summed E-state index contributed by atoms with van der Waals surface area (Å²) in [5.41, 5.74) is -2.06. The molecule has 1 N–H and O–H groups in total. The van der Waals surface area contributed by atoms with Gasteiger partial charge in [-0.1, -0.05) is 6.92 Å². The molecule has 2 aliphatic carbocycles. The van der Waals surface area contributed by atoms with Gasteiger partial charge in [-0.25, -0.2) is 0 Å². The molecule has 0 aromatic heterocycles. The zero-order valence-corrected chi connectivity index (χ0v) is 11.1. The van der Waals surface area contributed by atoms with Crippen molar-refractivity contribution in [3.05, 3.63) is 0 Å². The summed E-state index contributed by atoms with van der Waals surface area (Å²) >= 11 is 0. The second-order valence-electron chi connectivity index (χ2n) is 6.39. The van der Waals surface area contributed by atoms with Gasteiger partial charge >= 0.3 is 6.18 Å². The Balaban J connectivity index is 2.12. The molecule has 2 rings (SSSR count). The molecule has 2 atom stereocenters. The van der Waals surface area contributed by atoms with Crippen molar-refractivity contribution in [1.29, 1.82) is 5.26 Å². The Labute approximate surface area is 111 Å². The third kappa shape index (κ3) is 2.47. The van der Waals surface area contributed by atoms with Crippen LogP contribution in [0.4, 0.5) is 13.2 Å². The summed E-state index contributed by atoms with van der Waals surface area (Å²) in [6.45, 7) is 2.03. The SMILES string of the molecule is CC1CCC(C#N)(C2(O)CCC(C(F)(F)F)CC2)C1. The van der Waals surface area contributed by atoms with Crippen LogP contribution in [-0.2, 0) is 0 Å². The number of rotatable bonds is 1. The maximum Gasteiger partial charge on any atom is 0.391 e. The van der Waals surface area contributed by atoms with E-state index in [0.717, 1.165) is 6.42 Å². The molecule has 2 nitrogen and oxygen atoms in total. The standard InChI is InChI=1S/C14H20F3NO/c1-10-2-5-12(8-10,9-18)13(19)6-3-11(4-7-13)14(15,16)17/h10-11,19H,2-8H2,1H3. The average molecular weight is 275 g/mol. The van der Waals surface area contributed by atoms with Crippen LogP contribution < -0.4 is 0 Å². The maximum absolute atomic E-state index is 12.7. The van der Waals surface area contributed by atoms with Gasteiger partial charge < -0.3 is 5.11 Å². The van der Waals surface area contributed by atoms with Crippen molar-refractivity contribution in [2.45, 2.75) is 63.6 Å². The lowest BCUT2D eigenvalue weighted by Gasteiger charge is -2.45. The van der Waals surface area contributed by atoms with Gasteiger partial charge in [0.1, 0.15) is 0 Å². The fraction of sp³-hybridized carbons (Fsp3) is 0.929.